The highest BCUT2D eigenvalue weighted by Gasteiger charge is 2.09. The molecular weight excluding hydrogens is 322 g/mol. The second-order valence-corrected chi connectivity index (χ2v) is 6.49. The molecule has 0 unspecified atom stereocenters. The van der Waals surface area contributed by atoms with Gasteiger partial charge in [-0.2, -0.15) is 0 Å². The first-order chi connectivity index (χ1) is 11.6. The third-order valence-corrected chi connectivity index (χ3v) is 4.56. The van der Waals surface area contributed by atoms with Gasteiger partial charge in [0.25, 0.3) is 0 Å². The summed E-state index contributed by atoms with van der Waals surface area (Å²) >= 11 is 1.52. The fraction of sp³-hybridized carbons (Fsp3) is 0.316. The van der Waals surface area contributed by atoms with Crippen LogP contribution in [-0.4, -0.2) is 43.9 Å². The van der Waals surface area contributed by atoms with E-state index in [-0.39, 0.29) is 5.91 Å². The summed E-state index contributed by atoms with van der Waals surface area (Å²) in [4.78, 5) is 14.9. The first kappa shape index (κ1) is 18.2. The number of rotatable bonds is 8. The van der Waals surface area contributed by atoms with Crippen LogP contribution in [0.25, 0.3) is 0 Å². The van der Waals surface area contributed by atoms with E-state index in [1.54, 1.807) is 19.1 Å². The van der Waals surface area contributed by atoms with Crippen LogP contribution in [0.15, 0.2) is 53.4 Å². The number of aryl methyl sites for hydroxylation is 1. The minimum Gasteiger partial charge on any atom is -0.497 e. The Morgan fingerprint density at radius 1 is 1.04 bits per heavy atom. The SMILES string of the molecule is COc1ccc(SCC(=O)N(C)CCOc2ccc(C)cc2)cc1. The van der Waals surface area contributed by atoms with Crippen molar-refractivity contribution in [2.24, 2.45) is 0 Å². The number of carbonyl (C=O) groups is 1. The smallest absolute Gasteiger partial charge is 0.232 e. The predicted molar refractivity (Wildman–Crippen MR) is 98.0 cm³/mol. The van der Waals surface area contributed by atoms with E-state index in [1.165, 1.54) is 17.3 Å². The van der Waals surface area contributed by atoms with Crippen LogP contribution < -0.4 is 9.47 Å². The summed E-state index contributed by atoms with van der Waals surface area (Å²) in [6.07, 6.45) is 0. The molecule has 2 aromatic carbocycles. The zero-order valence-electron chi connectivity index (χ0n) is 14.3. The molecule has 0 aromatic heterocycles. The molecule has 0 bridgehead atoms. The molecule has 128 valence electrons. The first-order valence-electron chi connectivity index (χ1n) is 7.79. The molecule has 0 aliphatic heterocycles. The Labute approximate surface area is 147 Å². The molecule has 1 amide bonds. The van der Waals surface area contributed by atoms with Gasteiger partial charge in [0.1, 0.15) is 18.1 Å². The van der Waals surface area contributed by atoms with Crippen LogP contribution in [0.3, 0.4) is 0 Å². The minimum atomic E-state index is 0.0864. The van der Waals surface area contributed by atoms with E-state index < -0.39 is 0 Å². The zero-order chi connectivity index (χ0) is 17.4. The molecule has 0 saturated carbocycles. The number of amides is 1. The maximum Gasteiger partial charge on any atom is 0.232 e. The lowest BCUT2D eigenvalue weighted by Gasteiger charge is -2.17. The lowest BCUT2D eigenvalue weighted by molar-refractivity contribution is -0.127. The average molecular weight is 345 g/mol. The third kappa shape index (κ3) is 5.81. The molecule has 4 nitrogen and oxygen atoms in total. The van der Waals surface area contributed by atoms with Crippen LogP contribution in [0.1, 0.15) is 5.56 Å². The monoisotopic (exact) mass is 345 g/mol. The van der Waals surface area contributed by atoms with Crippen molar-refractivity contribution in [2.45, 2.75) is 11.8 Å². The number of nitrogens with zero attached hydrogens (tertiary/aromatic N) is 1. The van der Waals surface area contributed by atoms with Crippen molar-refractivity contribution in [3.05, 3.63) is 54.1 Å². The third-order valence-electron chi connectivity index (χ3n) is 3.56. The molecule has 0 saturated heterocycles. The van der Waals surface area contributed by atoms with Crippen LogP contribution in [0.2, 0.25) is 0 Å². The van der Waals surface area contributed by atoms with E-state index >= 15 is 0 Å². The number of likely N-dealkylation sites (N-methyl/N-ethyl adjacent to an activating group) is 1. The lowest BCUT2D eigenvalue weighted by atomic mass is 10.2. The van der Waals surface area contributed by atoms with Crippen molar-refractivity contribution in [1.29, 1.82) is 0 Å². The van der Waals surface area contributed by atoms with E-state index in [0.29, 0.717) is 18.9 Å². The van der Waals surface area contributed by atoms with E-state index in [1.807, 2.05) is 55.5 Å². The quantitative estimate of drug-likeness (QED) is 0.685. The maximum absolute atomic E-state index is 12.2. The summed E-state index contributed by atoms with van der Waals surface area (Å²) in [6, 6.07) is 15.6. The van der Waals surface area contributed by atoms with Gasteiger partial charge in [-0.15, -0.1) is 11.8 Å². The van der Waals surface area contributed by atoms with Gasteiger partial charge < -0.3 is 14.4 Å². The Hall–Kier alpha value is -2.14. The normalized spacial score (nSPS) is 10.3. The highest BCUT2D eigenvalue weighted by atomic mass is 32.2. The van der Waals surface area contributed by atoms with Crippen molar-refractivity contribution >= 4 is 17.7 Å². The van der Waals surface area contributed by atoms with Gasteiger partial charge in [-0.1, -0.05) is 17.7 Å². The average Bonchev–Trinajstić information content (AvgIpc) is 2.61. The first-order valence-corrected chi connectivity index (χ1v) is 8.77. The Kier molecular flexibility index (Phi) is 7.00. The Morgan fingerprint density at radius 3 is 2.29 bits per heavy atom. The lowest BCUT2D eigenvalue weighted by Crippen LogP contribution is -2.32. The summed E-state index contributed by atoms with van der Waals surface area (Å²) in [5.74, 6) is 2.14. The Balaban J connectivity index is 1.70. The Morgan fingerprint density at radius 2 is 1.67 bits per heavy atom. The Bertz CT molecular complexity index is 641. The summed E-state index contributed by atoms with van der Waals surface area (Å²) < 4.78 is 10.8. The van der Waals surface area contributed by atoms with Crippen LogP contribution in [-0.2, 0) is 4.79 Å². The van der Waals surface area contributed by atoms with Crippen LogP contribution in [0.5, 0.6) is 11.5 Å². The van der Waals surface area contributed by atoms with Gasteiger partial charge in [0.2, 0.25) is 5.91 Å². The predicted octanol–water partition coefficient (Wildman–Crippen LogP) is 3.63. The van der Waals surface area contributed by atoms with E-state index in [9.17, 15) is 4.79 Å². The molecule has 0 spiro atoms. The van der Waals surface area contributed by atoms with E-state index in [0.717, 1.165) is 16.4 Å². The van der Waals surface area contributed by atoms with Crippen molar-refractivity contribution in [1.82, 2.24) is 4.90 Å². The summed E-state index contributed by atoms with van der Waals surface area (Å²) in [7, 11) is 3.44. The largest absolute Gasteiger partial charge is 0.497 e. The molecule has 0 fully saturated rings. The molecule has 24 heavy (non-hydrogen) atoms. The van der Waals surface area contributed by atoms with Crippen molar-refractivity contribution < 1.29 is 14.3 Å². The van der Waals surface area contributed by atoms with Gasteiger partial charge in [-0.25, -0.2) is 0 Å². The molecule has 0 N–H and O–H groups in total. The van der Waals surface area contributed by atoms with Gasteiger partial charge in [-0.05, 0) is 43.3 Å². The van der Waals surface area contributed by atoms with Gasteiger partial charge in [-0.3, -0.25) is 4.79 Å². The second-order valence-electron chi connectivity index (χ2n) is 5.44. The van der Waals surface area contributed by atoms with Gasteiger partial charge in [0, 0.05) is 11.9 Å². The summed E-state index contributed by atoms with van der Waals surface area (Å²) in [6.45, 7) is 3.09. The van der Waals surface area contributed by atoms with Crippen LogP contribution in [0, 0.1) is 6.92 Å². The fourth-order valence-electron chi connectivity index (χ4n) is 1.99. The number of thioether (sulfide) groups is 1. The van der Waals surface area contributed by atoms with Crippen molar-refractivity contribution in [3.8, 4) is 11.5 Å². The van der Waals surface area contributed by atoms with Crippen LogP contribution >= 0.6 is 11.8 Å². The number of hydrogen-bond donors (Lipinski definition) is 0. The molecular formula is C19H23NO3S. The molecule has 2 rings (SSSR count). The van der Waals surface area contributed by atoms with Crippen molar-refractivity contribution in [2.75, 3.05) is 33.1 Å². The highest BCUT2D eigenvalue weighted by Crippen LogP contribution is 2.21. The van der Waals surface area contributed by atoms with Gasteiger partial charge >= 0.3 is 0 Å². The summed E-state index contributed by atoms with van der Waals surface area (Å²) in [5, 5.41) is 0. The number of carbonyl (C=O) groups excluding carboxylic acids is 1. The molecule has 2 aromatic rings. The number of benzene rings is 2. The topological polar surface area (TPSA) is 38.8 Å². The van der Waals surface area contributed by atoms with E-state index in [4.69, 9.17) is 9.47 Å². The highest BCUT2D eigenvalue weighted by molar-refractivity contribution is 8.00. The minimum absolute atomic E-state index is 0.0864. The fourth-order valence-corrected chi connectivity index (χ4v) is 2.83. The van der Waals surface area contributed by atoms with Crippen LogP contribution in [0.4, 0.5) is 0 Å². The number of methoxy groups -OCH3 is 1. The molecule has 0 radical (unpaired) electrons. The summed E-state index contributed by atoms with van der Waals surface area (Å²) in [5.41, 5.74) is 1.20. The molecule has 5 heteroatoms. The second kappa shape index (κ2) is 9.23. The molecule has 0 atom stereocenters. The zero-order valence-corrected chi connectivity index (χ0v) is 15.1. The van der Waals surface area contributed by atoms with Crippen molar-refractivity contribution in [3.63, 3.8) is 0 Å². The number of hydrogen-bond acceptors (Lipinski definition) is 4. The van der Waals surface area contributed by atoms with E-state index in [2.05, 4.69) is 0 Å². The molecule has 0 heterocycles. The maximum atomic E-state index is 12.2. The van der Waals surface area contributed by atoms with Gasteiger partial charge in [0.15, 0.2) is 0 Å². The molecule has 0 aliphatic carbocycles. The molecule has 0 aliphatic rings. The number of ether oxygens (including phenoxy) is 2. The van der Waals surface area contributed by atoms with Gasteiger partial charge in [0.05, 0.1) is 19.4 Å². The standard InChI is InChI=1S/C19H23NO3S/c1-15-4-6-17(7-5-15)23-13-12-20(2)19(21)14-24-18-10-8-16(22-3)9-11-18/h4-11H,12-14H2,1-3H3.